The van der Waals surface area contributed by atoms with Crippen LogP contribution in [0.2, 0.25) is 0 Å². The summed E-state index contributed by atoms with van der Waals surface area (Å²) in [5.74, 6) is 1.67. The van der Waals surface area contributed by atoms with E-state index in [0.29, 0.717) is 12.1 Å². The van der Waals surface area contributed by atoms with Gasteiger partial charge in [-0.2, -0.15) is 0 Å². The summed E-state index contributed by atoms with van der Waals surface area (Å²) in [5.41, 5.74) is 1.15. The number of benzene rings is 1. The van der Waals surface area contributed by atoms with E-state index in [0.717, 1.165) is 23.5 Å². The van der Waals surface area contributed by atoms with Crippen LogP contribution in [0.5, 0.6) is 11.5 Å². The molecule has 2 rings (SSSR count). The van der Waals surface area contributed by atoms with Gasteiger partial charge in [-0.05, 0) is 32.3 Å². The minimum Gasteiger partial charge on any atom is -0.497 e. The van der Waals surface area contributed by atoms with Gasteiger partial charge in [-0.25, -0.2) is 0 Å². The van der Waals surface area contributed by atoms with E-state index in [1.807, 2.05) is 12.1 Å². The van der Waals surface area contributed by atoms with Gasteiger partial charge < -0.3 is 19.5 Å². The average molecular weight is 279 g/mol. The molecule has 1 aliphatic carbocycles. The zero-order valence-corrected chi connectivity index (χ0v) is 12.8. The second-order valence-corrected chi connectivity index (χ2v) is 5.31. The van der Waals surface area contributed by atoms with E-state index in [1.54, 1.807) is 21.3 Å². The van der Waals surface area contributed by atoms with E-state index in [1.165, 1.54) is 12.8 Å². The predicted molar refractivity (Wildman–Crippen MR) is 79.5 cm³/mol. The van der Waals surface area contributed by atoms with E-state index in [4.69, 9.17) is 14.2 Å². The van der Waals surface area contributed by atoms with Gasteiger partial charge >= 0.3 is 0 Å². The van der Waals surface area contributed by atoms with Crippen LogP contribution in [-0.4, -0.2) is 33.5 Å². The normalized spacial score (nSPS) is 23.6. The smallest absolute Gasteiger partial charge is 0.127 e. The molecule has 0 aliphatic heterocycles. The van der Waals surface area contributed by atoms with E-state index in [-0.39, 0.29) is 6.04 Å². The lowest BCUT2D eigenvalue weighted by Crippen LogP contribution is -2.38. The summed E-state index contributed by atoms with van der Waals surface area (Å²) in [5, 5.41) is 3.66. The molecule has 1 aromatic rings. The highest BCUT2D eigenvalue weighted by atomic mass is 16.5. The number of hydrogen-bond acceptors (Lipinski definition) is 4. The fourth-order valence-electron chi connectivity index (χ4n) is 2.99. The second kappa shape index (κ2) is 6.95. The Labute approximate surface area is 121 Å². The van der Waals surface area contributed by atoms with Crippen LogP contribution in [0.15, 0.2) is 18.2 Å². The zero-order chi connectivity index (χ0) is 14.5. The number of nitrogens with one attached hydrogen (secondary N) is 1. The second-order valence-electron chi connectivity index (χ2n) is 5.31. The molecule has 0 saturated heterocycles. The van der Waals surface area contributed by atoms with Crippen molar-refractivity contribution in [1.29, 1.82) is 0 Å². The fourth-order valence-corrected chi connectivity index (χ4v) is 2.99. The summed E-state index contributed by atoms with van der Waals surface area (Å²) in [7, 11) is 5.15. The van der Waals surface area contributed by atoms with Crippen LogP contribution in [0.4, 0.5) is 0 Å². The highest BCUT2D eigenvalue weighted by molar-refractivity contribution is 5.42. The molecule has 0 amide bonds. The average Bonchev–Trinajstić information content (AvgIpc) is 2.93. The van der Waals surface area contributed by atoms with Gasteiger partial charge in [0.05, 0.1) is 20.3 Å². The molecule has 20 heavy (non-hydrogen) atoms. The van der Waals surface area contributed by atoms with Crippen LogP contribution in [-0.2, 0) is 4.74 Å². The van der Waals surface area contributed by atoms with Crippen molar-refractivity contribution in [3.63, 3.8) is 0 Å². The third-order valence-electron chi connectivity index (χ3n) is 4.13. The maximum atomic E-state index is 5.54. The maximum Gasteiger partial charge on any atom is 0.127 e. The third kappa shape index (κ3) is 3.25. The molecule has 1 saturated carbocycles. The monoisotopic (exact) mass is 279 g/mol. The summed E-state index contributed by atoms with van der Waals surface area (Å²) in [6.07, 6.45) is 3.85. The molecular weight excluding hydrogens is 254 g/mol. The molecule has 1 aromatic carbocycles. The van der Waals surface area contributed by atoms with Crippen LogP contribution < -0.4 is 14.8 Å². The lowest BCUT2D eigenvalue weighted by atomic mass is 10.0. The summed E-state index contributed by atoms with van der Waals surface area (Å²) in [4.78, 5) is 0. The lowest BCUT2D eigenvalue weighted by Gasteiger charge is -2.25. The quantitative estimate of drug-likeness (QED) is 0.869. The number of hydrogen-bond donors (Lipinski definition) is 1. The number of rotatable bonds is 6. The predicted octanol–water partition coefficient (Wildman–Crippen LogP) is 2.92. The fraction of sp³-hybridized carbons (Fsp3) is 0.625. The van der Waals surface area contributed by atoms with Crippen LogP contribution in [0.3, 0.4) is 0 Å². The standard InChI is InChI=1S/C16H25NO3/c1-11(17-14-6-5-7-15(14)19-3)13-9-8-12(18-2)10-16(13)20-4/h8-11,14-15,17H,5-7H2,1-4H3. The van der Waals surface area contributed by atoms with Crippen LogP contribution in [0.25, 0.3) is 0 Å². The topological polar surface area (TPSA) is 39.7 Å². The van der Waals surface area contributed by atoms with Crippen molar-refractivity contribution < 1.29 is 14.2 Å². The minimum absolute atomic E-state index is 0.219. The van der Waals surface area contributed by atoms with Gasteiger partial charge in [-0.15, -0.1) is 0 Å². The van der Waals surface area contributed by atoms with Gasteiger partial charge in [-0.1, -0.05) is 6.07 Å². The van der Waals surface area contributed by atoms with Crippen molar-refractivity contribution in [1.82, 2.24) is 5.32 Å². The van der Waals surface area contributed by atoms with Crippen molar-refractivity contribution >= 4 is 0 Å². The van der Waals surface area contributed by atoms with Gasteiger partial charge in [0.1, 0.15) is 11.5 Å². The SMILES string of the molecule is COc1ccc(C(C)NC2CCCC2OC)c(OC)c1. The van der Waals surface area contributed by atoms with Gasteiger partial charge in [0, 0.05) is 30.8 Å². The van der Waals surface area contributed by atoms with Crippen LogP contribution in [0.1, 0.15) is 37.8 Å². The first-order chi connectivity index (χ1) is 9.69. The Hall–Kier alpha value is -1.26. The Bertz CT molecular complexity index is 436. The Morgan fingerprint density at radius 2 is 1.95 bits per heavy atom. The first-order valence-corrected chi connectivity index (χ1v) is 7.20. The van der Waals surface area contributed by atoms with Crippen LogP contribution >= 0.6 is 0 Å². The molecule has 1 aliphatic rings. The van der Waals surface area contributed by atoms with Crippen molar-refractivity contribution in [2.24, 2.45) is 0 Å². The van der Waals surface area contributed by atoms with Gasteiger partial charge in [-0.3, -0.25) is 0 Å². The molecular formula is C16H25NO3. The highest BCUT2D eigenvalue weighted by Crippen LogP contribution is 2.31. The molecule has 1 fully saturated rings. The van der Waals surface area contributed by atoms with E-state index < -0.39 is 0 Å². The molecule has 0 radical (unpaired) electrons. The van der Waals surface area contributed by atoms with Gasteiger partial charge in [0.25, 0.3) is 0 Å². The Morgan fingerprint density at radius 1 is 1.15 bits per heavy atom. The summed E-state index contributed by atoms with van der Waals surface area (Å²) >= 11 is 0. The molecule has 0 heterocycles. The summed E-state index contributed by atoms with van der Waals surface area (Å²) < 4.78 is 16.3. The Kier molecular flexibility index (Phi) is 5.26. The minimum atomic E-state index is 0.219. The Balaban J connectivity index is 2.10. The molecule has 3 unspecified atom stereocenters. The summed E-state index contributed by atoms with van der Waals surface area (Å²) in [6.45, 7) is 2.16. The number of ether oxygens (including phenoxy) is 3. The molecule has 0 aromatic heterocycles. The van der Waals surface area contributed by atoms with Crippen LogP contribution in [0, 0.1) is 0 Å². The molecule has 1 N–H and O–H groups in total. The zero-order valence-electron chi connectivity index (χ0n) is 12.8. The first-order valence-electron chi connectivity index (χ1n) is 7.20. The van der Waals surface area contributed by atoms with Crippen molar-refractivity contribution in [2.45, 2.75) is 44.4 Å². The number of methoxy groups -OCH3 is 3. The Morgan fingerprint density at radius 3 is 2.60 bits per heavy atom. The van der Waals surface area contributed by atoms with E-state index >= 15 is 0 Å². The van der Waals surface area contributed by atoms with E-state index in [2.05, 4.69) is 18.3 Å². The third-order valence-corrected chi connectivity index (χ3v) is 4.13. The van der Waals surface area contributed by atoms with Gasteiger partial charge in [0.2, 0.25) is 0 Å². The van der Waals surface area contributed by atoms with Crippen molar-refractivity contribution in [3.05, 3.63) is 23.8 Å². The summed E-state index contributed by atoms with van der Waals surface area (Å²) in [6, 6.07) is 6.60. The van der Waals surface area contributed by atoms with E-state index in [9.17, 15) is 0 Å². The molecule has 0 bridgehead atoms. The molecule has 3 atom stereocenters. The van der Waals surface area contributed by atoms with Gasteiger partial charge in [0.15, 0.2) is 0 Å². The molecule has 112 valence electrons. The van der Waals surface area contributed by atoms with Crippen molar-refractivity contribution in [2.75, 3.05) is 21.3 Å². The van der Waals surface area contributed by atoms with Crippen molar-refractivity contribution in [3.8, 4) is 11.5 Å². The maximum absolute atomic E-state index is 5.54. The molecule has 0 spiro atoms. The molecule has 4 heteroatoms. The molecule has 4 nitrogen and oxygen atoms in total. The lowest BCUT2D eigenvalue weighted by molar-refractivity contribution is 0.0818. The first kappa shape index (κ1) is 15.1. The largest absolute Gasteiger partial charge is 0.497 e. The highest BCUT2D eigenvalue weighted by Gasteiger charge is 2.28.